The van der Waals surface area contributed by atoms with E-state index in [2.05, 4.69) is 10.6 Å². The van der Waals surface area contributed by atoms with E-state index in [1.807, 2.05) is 13.8 Å². The van der Waals surface area contributed by atoms with Crippen LogP contribution in [0.15, 0.2) is 0 Å². The summed E-state index contributed by atoms with van der Waals surface area (Å²) in [5.41, 5.74) is -1.76. The molecule has 140 valence electrons. The van der Waals surface area contributed by atoms with Crippen LogP contribution in [0.5, 0.6) is 0 Å². The van der Waals surface area contributed by atoms with Gasteiger partial charge in [-0.1, -0.05) is 13.8 Å². The van der Waals surface area contributed by atoms with Gasteiger partial charge in [0.05, 0.1) is 0 Å². The molecule has 0 saturated heterocycles. The minimum absolute atomic E-state index is 0.249. The standard InChI is InChI=1S/C13H23F3N3O3PS/c1-5-8(3)17-13(23-24,18-9(4)6-2)19(7-10(20)21)11(22)12(14,15)16/h8-9,17-18H,5-7H2,1-4H3,(H,20,21)/p+1. The van der Waals surface area contributed by atoms with E-state index in [4.69, 9.17) is 16.9 Å². The van der Waals surface area contributed by atoms with Gasteiger partial charge in [-0.2, -0.15) is 13.2 Å². The number of alkyl halides is 3. The molecule has 0 aliphatic carbocycles. The molecule has 3 N–H and O–H groups in total. The van der Waals surface area contributed by atoms with Crippen molar-refractivity contribution in [2.75, 3.05) is 6.54 Å². The number of hydrogen-bond donors (Lipinski definition) is 3. The molecule has 3 atom stereocenters. The highest BCUT2D eigenvalue weighted by Gasteiger charge is 2.55. The average Bonchev–Trinajstić information content (AvgIpc) is 2.49. The summed E-state index contributed by atoms with van der Waals surface area (Å²) in [6, 6.07) is -0.566. The van der Waals surface area contributed by atoms with Gasteiger partial charge in [0, 0.05) is 12.1 Å². The summed E-state index contributed by atoms with van der Waals surface area (Å²) in [7, 11) is -0.635. The first kappa shape index (κ1) is 23.2. The Balaban J connectivity index is 6.06. The zero-order chi connectivity index (χ0) is 19.1. The number of carbonyl (C=O) groups excluding carboxylic acids is 1. The fraction of sp³-hybridized carbons (Fsp3) is 0.846. The van der Waals surface area contributed by atoms with Crippen LogP contribution in [0.1, 0.15) is 40.5 Å². The Morgan fingerprint density at radius 3 is 1.83 bits per heavy atom. The Morgan fingerprint density at radius 1 is 1.17 bits per heavy atom. The van der Waals surface area contributed by atoms with E-state index in [9.17, 15) is 22.8 Å². The van der Waals surface area contributed by atoms with Gasteiger partial charge in [0.1, 0.15) is 6.54 Å². The highest BCUT2D eigenvalue weighted by Crippen LogP contribution is 2.30. The number of rotatable bonds is 10. The van der Waals surface area contributed by atoms with Gasteiger partial charge >= 0.3 is 23.6 Å². The third kappa shape index (κ3) is 6.58. The van der Waals surface area contributed by atoms with Crippen molar-refractivity contribution in [1.82, 2.24) is 15.5 Å². The van der Waals surface area contributed by atoms with Crippen molar-refractivity contribution in [2.24, 2.45) is 0 Å². The summed E-state index contributed by atoms with van der Waals surface area (Å²) in [6.07, 6.45) is -4.08. The molecule has 0 aliphatic rings. The highest BCUT2D eigenvalue weighted by atomic mass is 32.4. The Hall–Kier alpha value is -0.830. The molecule has 0 aromatic rings. The molecule has 0 aromatic carbocycles. The fourth-order valence-corrected chi connectivity index (χ4v) is 3.45. The van der Waals surface area contributed by atoms with E-state index in [1.165, 1.54) is 0 Å². The lowest BCUT2D eigenvalue weighted by Crippen LogP contribution is -2.71. The molecule has 0 heterocycles. The smallest absolute Gasteiger partial charge is 0.471 e. The Labute approximate surface area is 146 Å². The quantitative estimate of drug-likeness (QED) is 0.391. The number of nitrogens with zero attached hydrogens (tertiary/aromatic N) is 1. The maximum Gasteiger partial charge on any atom is 0.471 e. The maximum absolute atomic E-state index is 13.0. The van der Waals surface area contributed by atoms with E-state index in [0.717, 1.165) is 0 Å². The monoisotopic (exact) mass is 390 g/mol. The number of carboxylic acids is 1. The molecule has 0 aromatic heterocycles. The third-order valence-corrected chi connectivity index (χ3v) is 5.21. The molecule has 0 spiro atoms. The Kier molecular flexibility index (Phi) is 9.27. The third-order valence-electron chi connectivity index (χ3n) is 3.47. The SMILES string of the molecule is CCC(C)NC(NC(C)CC)([PH+]=S)N(CC(=O)O)C(=O)C(F)(F)F. The zero-order valence-corrected chi connectivity index (χ0v) is 15.8. The van der Waals surface area contributed by atoms with E-state index in [-0.39, 0.29) is 17.0 Å². The molecule has 0 bridgehead atoms. The van der Waals surface area contributed by atoms with Crippen LogP contribution in [0.4, 0.5) is 13.2 Å². The topological polar surface area (TPSA) is 81.7 Å². The van der Waals surface area contributed by atoms with Crippen LogP contribution < -0.4 is 10.6 Å². The number of amides is 1. The first-order chi connectivity index (χ1) is 10.9. The molecule has 0 saturated carbocycles. The van der Waals surface area contributed by atoms with Gasteiger partial charge in [0.15, 0.2) is 11.8 Å². The second kappa shape index (κ2) is 9.60. The molecule has 6 nitrogen and oxygen atoms in total. The van der Waals surface area contributed by atoms with Crippen molar-refractivity contribution in [3.63, 3.8) is 0 Å². The van der Waals surface area contributed by atoms with E-state index >= 15 is 0 Å². The van der Waals surface area contributed by atoms with Crippen molar-refractivity contribution < 1.29 is 27.9 Å². The predicted octanol–water partition coefficient (Wildman–Crippen LogP) is 1.99. The number of nitrogens with one attached hydrogen (secondary N) is 2. The summed E-state index contributed by atoms with van der Waals surface area (Å²) >= 11 is 5.04. The van der Waals surface area contributed by atoms with Crippen LogP contribution in [0.2, 0.25) is 0 Å². The lowest BCUT2D eigenvalue weighted by atomic mass is 10.2. The summed E-state index contributed by atoms with van der Waals surface area (Å²) in [6.45, 7) is 5.95. The molecule has 1 amide bonds. The lowest BCUT2D eigenvalue weighted by Gasteiger charge is -2.38. The molecular weight excluding hydrogens is 366 g/mol. The van der Waals surface area contributed by atoms with Crippen LogP contribution in [-0.2, 0) is 21.4 Å². The summed E-state index contributed by atoms with van der Waals surface area (Å²) in [5, 5.41) is 14.8. The molecular formula is C13H24F3N3O3PS+. The van der Waals surface area contributed by atoms with Gasteiger partial charge < -0.3 is 5.11 Å². The summed E-state index contributed by atoms with van der Waals surface area (Å²) in [5.74, 6) is -3.80. The van der Waals surface area contributed by atoms with Gasteiger partial charge in [-0.25, -0.2) is 10.6 Å². The predicted molar refractivity (Wildman–Crippen MR) is 89.6 cm³/mol. The van der Waals surface area contributed by atoms with Crippen LogP contribution in [-0.4, -0.2) is 52.2 Å². The Bertz CT molecular complexity index is 453. The van der Waals surface area contributed by atoms with Gasteiger partial charge in [-0.15, -0.1) is 0 Å². The minimum atomic E-state index is -5.20. The van der Waals surface area contributed by atoms with Crippen LogP contribution in [0.3, 0.4) is 0 Å². The summed E-state index contributed by atoms with van der Waals surface area (Å²) < 4.78 is 39.0. The van der Waals surface area contributed by atoms with Crippen LogP contribution >= 0.6 is 7.36 Å². The maximum atomic E-state index is 13.0. The zero-order valence-electron chi connectivity index (χ0n) is 14.0. The number of halogens is 3. The molecule has 24 heavy (non-hydrogen) atoms. The normalized spacial score (nSPS) is 17.1. The highest BCUT2D eigenvalue weighted by molar-refractivity contribution is 7.97. The van der Waals surface area contributed by atoms with E-state index in [0.29, 0.717) is 12.8 Å². The van der Waals surface area contributed by atoms with Gasteiger partial charge in [0.2, 0.25) is 7.36 Å². The fourth-order valence-electron chi connectivity index (χ4n) is 1.86. The molecule has 0 aliphatic heterocycles. The second-order valence-electron chi connectivity index (χ2n) is 5.50. The van der Waals surface area contributed by atoms with Crippen molar-refractivity contribution in [2.45, 2.75) is 64.3 Å². The van der Waals surface area contributed by atoms with Crippen LogP contribution in [0, 0.1) is 0 Å². The molecule has 0 radical (unpaired) electrons. The molecule has 0 rings (SSSR count). The Morgan fingerprint density at radius 2 is 1.58 bits per heavy atom. The first-order valence-corrected chi connectivity index (χ1v) is 9.62. The molecule has 11 heteroatoms. The van der Waals surface area contributed by atoms with Gasteiger partial charge in [-0.05, 0) is 26.7 Å². The largest absolute Gasteiger partial charge is 0.480 e. The number of hydrogen-bond acceptors (Lipinski definition) is 5. The molecule has 0 fully saturated rings. The van der Waals surface area contributed by atoms with E-state index < -0.39 is 37.5 Å². The van der Waals surface area contributed by atoms with Gasteiger partial charge in [0.25, 0.3) is 0 Å². The van der Waals surface area contributed by atoms with E-state index in [1.54, 1.807) is 13.8 Å². The van der Waals surface area contributed by atoms with Crippen molar-refractivity contribution >= 4 is 31.0 Å². The van der Waals surface area contributed by atoms with Crippen molar-refractivity contribution in [3.05, 3.63) is 0 Å². The number of aliphatic carboxylic acids is 1. The molecule has 3 unspecified atom stereocenters. The van der Waals surface area contributed by atoms with Crippen molar-refractivity contribution in [1.29, 1.82) is 0 Å². The van der Waals surface area contributed by atoms with Crippen LogP contribution in [0.25, 0.3) is 0 Å². The number of carbonyl (C=O) groups is 2. The second-order valence-corrected chi connectivity index (χ2v) is 7.04. The van der Waals surface area contributed by atoms with Crippen molar-refractivity contribution in [3.8, 4) is 0 Å². The lowest BCUT2D eigenvalue weighted by molar-refractivity contribution is -0.192. The first-order valence-electron chi connectivity index (χ1n) is 7.48. The number of carboxylic acid groups (broad SMARTS) is 1. The summed E-state index contributed by atoms with van der Waals surface area (Å²) in [4.78, 5) is 23.2. The van der Waals surface area contributed by atoms with Gasteiger partial charge in [-0.3, -0.25) is 14.5 Å². The average molecular weight is 390 g/mol. The minimum Gasteiger partial charge on any atom is -0.480 e.